The van der Waals surface area contributed by atoms with Gasteiger partial charge in [0, 0.05) is 19.5 Å². The van der Waals surface area contributed by atoms with Crippen LogP contribution in [0.25, 0.3) is 0 Å². The van der Waals surface area contributed by atoms with Crippen LogP contribution in [0, 0.1) is 13.8 Å². The fourth-order valence-corrected chi connectivity index (χ4v) is 4.25. The summed E-state index contributed by atoms with van der Waals surface area (Å²) in [6, 6.07) is 6.86. The minimum Gasteiger partial charge on any atom is -0.370 e. The first-order chi connectivity index (χ1) is 17.5. The minimum absolute atomic E-state index is 0.162. The predicted molar refractivity (Wildman–Crippen MR) is 148 cm³/mol. The zero-order valence-corrected chi connectivity index (χ0v) is 23.7. The number of benzene rings is 1. The zero-order valence-electron chi connectivity index (χ0n) is 23.7. The van der Waals surface area contributed by atoms with Gasteiger partial charge in [-0.1, -0.05) is 63.1 Å². The zero-order chi connectivity index (χ0) is 28.5. The molecule has 9 heteroatoms. The molecule has 9 nitrogen and oxygen atoms in total. The molecule has 210 valence electrons. The average Bonchev–Trinajstić information content (AvgIpc) is 3.55. The van der Waals surface area contributed by atoms with Crippen molar-refractivity contribution in [3.8, 4) is 0 Å². The van der Waals surface area contributed by atoms with Gasteiger partial charge in [-0.3, -0.25) is 19.2 Å². The molecule has 3 atom stereocenters. The van der Waals surface area contributed by atoms with Crippen LogP contribution in [-0.2, 0) is 19.2 Å². The smallest absolute Gasteiger partial charge is 0.246 e. The van der Waals surface area contributed by atoms with E-state index in [1.807, 2.05) is 27.7 Å². The fraction of sp³-hybridized carbons (Fsp3) is 0.643. The van der Waals surface area contributed by atoms with Crippen LogP contribution in [0.15, 0.2) is 24.3 Å². The van der Waals surface area contributed by atoms with E-state index in [-0.39, 0.29) is 17.7 Å². The van der Waals surface area contributed by atoms with Gasteiger partial charge in [-0.2, -0.15) is 0 Å². The Labute approximate surface area is 223 Å². The van der Waals surface area contributed by atoms with Crippen LogP contribution >= 0.6 is 0 Å². The van der Waals surface area contributed by atoms with E-state index in [4.69, 9.17) is 17.2 Å². The van der Waals surface area contributed by atoms with E-state index in [9.17, 15) is 19.2 Å². The Hall–Kier alpha value is -2.94. The Balaban J connectivity index is 0.000000663. The molecule has 0 saturated carbocycles. The Morgan fingerprint density at radius 2 is 1.43 bits per heavy atom. The van der Waals surface area contributed by atoms with Crippen LogP contribution in [0.4, 0.5) is 0 Å². The first kappa shape index (κ1) is 34.1. The summed E-state index contributed by atoms with van der Waals surface area (Å²) >= 11 is 0. The summed E-state index contributed by atoms with van der Waals surface area (Å²) in [4.78, 5) is 49.3. The lowest BCUT2D eigenvalue weighted by atomic mass is 10.1. The van der Waals surface area contributed by atoms with Crippen molar-refractivity contribution in [3.05, 3.63) is 35.4 Å². The van der Waals surface area contributed by atoms with Crippen LogP contribution in [0.3, 0.4) is 0 Å². The Bertz CT molecular complexity index is 843. The molecule has 2 saturated heterocycles. The van der Waals surface area contributed by atoms with Crippen molar-refractivity contribution in [2.24, 2.45) is 17.2 Å². The van der Waals surface area contributed by atoms with E-state index in [1.54, 1.807) is 4.90 Å². The van der Waals surface area contributed by atoms with E-state index < -0.39 is 24.0 Å². The van der Waals surface area contributed by atoms with Crippen molar-refractivity contribution in [2.45, 2.75) is 105 Å². The first-order valence-corrected chi connectivity index (χ1v) is 13.5. The second kappa shape index (κ2) is 18.3. The van der Waals surface area contributed by atoms with Gasteiger partial charge in [0.2, 0.25) is 23.6 Å². The second-order valence-electron chi connectivity index (χ2n) is 9.17. The van der Waals surface area contributed by atoms with Crippen molar-refractivity contribution in [2.75, 3.05) is 13.1 Å². The first-order valence-electron chi connectivity index (χ1n) is 13.5. The van der Waals surface area contributed by atoms with Crippen LogP contribution in [0.1, 0.15) is 83.8 Å². The Morgan fingerprint density at radius 1 is 0.919 bits per heavy atom. The number of nitrogens with two attached hydrogens (primary N) is 3. The molecule has 0 spiro atoms. The molecule has 2 aliphatic rings. The summed E-state index contributed by atoms with van der Waals surface area (Å²) in [5.41, 5.74) is 18.6. The van der Waals surface area contributed by atoms with Gasteiger partial charge < -0.3 is 27.0 Å². The molecule has 1 aromatic carbocycles. The molecule has 2 unspecified atom stereocenters. The van der Waals surface area contributed by atoms with E-state index in [0.29, 0.717) is 38.8 Å². The SMILES string of the molecule is CC.CCCC(N)=O.CC[C@H](N)C(=O)N1CCCC1C(=O)N1CCCC1C(N)=O.Cc1cccc(C)c1. The molecule has 0 bridgehead atoms. The number of rotatable bonds is 6. The van der Waals surface area contributed by atoms with Gasteiger partial charge in [-0.05, 0) is 52.4 Å². The molecule has 3 rings (SSSR count). The van der Waals surface area contributed by atoms with Gasteiger partial charge >= 0.3 is 0 Å². The largest absolute Gasteiger partial charge is 0.370 e. The monoisotopic (exact) mass is 519 g/mol. The summed E-state index contributed by atoms with van der Waals surface area (Å²) < 4.78 is 0. The van der Waals surface area contributed by atoms with Gasteiger partial charge in [-0.15, -0.1) is 0 Å². The highest BCUT2D eigenvalue weighted by molar-refractivity contribution is 5.93. The van der Waals surface area contributed by atoms with Crippen LogP contribution < -0.4 is 17.2 Å². The third kappa shape index (κ3) is 11.8. The highest BCUT2D eigenvalue weighted by Gasteiger charge is 2.42. The van der Waals surface area contributed by atoms with Gasteiger partial charge in [0.05, 0.1) is 6.04 Å². The summed E-state index contributed by atoms with van der Waals surface area (Å²) in [7, 11) is 0. The quantitative estimate of drug-likeness (QED) is 0.527. The highest BCUT2D eigenvalue weighted by atomic mass is 16.2. The standard InChI is InChI=1S/C14H24N4O3.C8H10.C4H9NO.C2H6/c1-2-9(15)13(20)18-8-4-6-11(18)14(21)17-7-3-5-10(17)12(16)19;1-7-4-3-5-8(2)6-7;1-2-3-4(5)6;1-2/h9-11H,2-8,15H2,1H3,(H2,16,19);3-6H,1-2H3;2-3H2,1H3,(H2,5,6);1-2H3/t9-,10?,11?;;;/m0.../s1. The number of hydrogen-bond acceptors (Lipinski definition) is 5. The maximum absolute atomic E-state index is 12.7. The van der Waals surface area contributed by atoms with Gasteiger partial charge in [0.15, 0.2) is 0 Å². The number of hydrogen-bond donors (Lipinski definition) is 3. The lowest BCUT2D eigenvalue weighted by molar-refractivity contribution is -0.146. The molecule has 1 aromatic rings. The third-order valence-electron chi connectivity index (χ3n) is 6.11. The topological polar surface area (TPSA) is 153 Å². The number of nitrogens with zero attached hydrogens (tertiary/aromatic N) is 2. The van der Waals surface area contributed by atoms with Crippen LogP contribution in [0.2, 0.25) is 0 Å². The summed E-state index contributed by atoms with van der Waals surface area (Å²) in [6.45, 7) is 13.1. The molecule has 37 heavy (non-hydrogen) atoms. The van der Waals surface area contributed by atoms with Gasteiger partial charge in [0.1, 0.15) is 12.1 Å². The second-order valence-corrected chi connectivity index (χ2v) is 9.17. The highest BCUT2D eigenvalue weighted by Crippen LogP contribution is 2.25. The van der Waals surface area contributed by atoms with Crippen LogP contribution in [0.5, 0.6) is 0 Å². The molecule has 2 heterocycles. The summed E-state index contributed by atoms with van der Waals surface area (Å²) in [5.74, 6) is -1.02. The van der Waals surface area contributed by atoms with Crippen molar-refractivity contribution in [1.82, 2.24) is 9.80 Å². The number of aryl methyl sites for hydroxylation is 2. The lowest BCUT2D eigenvalue weighted by Crippen LogP contribution is -2.54. The molecular weight excluding hydrogens is 470 g/mol. The molecule has 0 aromatic heterocycles. The number of amides is 4. The molecule has 6 N–H and O–H groups in total. The van der Waals surface area contributed by atoms with Crippen LogP contribution in [-0.4, -0.2) is 64.6 Å². The van der Waals surface area contributed by atoms with Crippen molar-refractivity contribution in [3.63, 3.8) is 0 Å². The number of likely N-dealkylation sites (tertiary alicyclic amines) is 2. The molecule has 4 amide bonds. The Kier molecular flexibility index (Phi) is 16.9. The number of carbonyl (C=O) groups is 4. The molecule has 0 radical (unpaired) electrons. The molecule has 0 aliphatic carbocycles. The van der Waals surface area contributed by atoms with Crippen molar-refractivity contribution >= 4 is 23.6 Å². The van der Waals surface area contributed by atoms with E-state index >= 15 is 0 Å². The maximum Gasteiger partial charge on any atom is 0.246 e. The Morgan fingerprint density at radius 3 is 1.81 bits per heavy atom. The van der Waals surface area contributed by atoms with Gasteiger partial charge in [0.25, 0.3) is 0 Å². The normalized spacial score (nSPS) is 18.8. The van der Waals surface area contributed by atoms with Crippen molar-refractivity contribution in [1.29, 1.82) is 0 Å². The summed E-state index contributed by atoms with van der Waals surface area (Å²) in [5, 5.41) is 0. The van der Waals surface area contributed by atoms with E-state index in [2.05, 4.69) is 38.1 Å². The van der Waals surface area contributed by atoms with E-state index in [0.717, 1.165) is 19.3 Å². The fourth-order valence-electron chi connectivity index (χ4n) is 4.25. The van der Waals surface area contributed by atoms with Crippen molar-refractivity contribution < 1.29 is 19.2 Å². The maximum atomic E-state index is 12.7. The number of carbonyl (C=O) groups excluding carboxylic acids is 4. The molecule has 2 fully saturated rings. The molecular formula is C28H49N5O4. The molecule has 2 aliphatic heterocycles. The number of primary amides is 2. The lowest BCUT2D eigenvalue weighted by Gasteiger charge is -2.31. The summed E-state index contributed by atoms with van der Waals surface area (Å²) in [6.07, 6.45) is 4.71. The predicted octanol–water partition coefficient (Wildman–Crippen LogP) is 2.79. The minimum atomic E-state index is -0.566. The average molecular weight is 520 g/mol. The van der Waals surface area contributed by atoms with Gasteiger partial charge in [-0.25, -0.2) is 0 Å². The van der Waals surface area contributed by atoms with E-state index in [1.165, 1.54) is 16.0 Å². The third-order valence-corrected chi connectivity index (χ3v) is 6.11.